The number of nitrogens with two attached hydrogens (primary N) is 1. The monoisotopic (exact) mass is 267 g/mol. The van der Waals surface area contributed by atoms with E-state index in [1.165, 1.54) is 30.1 Å². The molecule has 0 bridgehead atoms. The van der Waals surface area contributed by atoms with Gasteiger partial charge in [-0.2, -0.15) is 0 Å². The Labute approximate surface area is 110 Å². The summed E-state index contributed by atoms with van der Waals surface area (Å²) in [5.74, 6) is -1.61. The van der Waals surface area contributed by atoms with E-state index in [4.69, 9.17) is 10.9 Å². The van der Waals surface area contributed by atoms with Crippen molar-refractivity contribution >= 4 is 11.7 Å². The summed E-state index contributed by atoms with van der Waals surface area (Å²) in [5, 5.41) is 30.4. The molecule has 7 heteroatoms. The maximum Gasteiger partial charge on any atom is 0.257 e. The summed E-state index contributed by atoms with van der Waals surface area (Å²) in [4.78, 5) is 13.4. The van der Waals surface area contributed by atoms with Crippen molar-refractivity contribution in [3.63, 3.8) is 0 Å². The third-order valence-corrected chi connectivity index (χ3v) is 2.76. The number of amidine groups is 1. The highest BCUT2D eigenvalue weighted by Gasteiger charge is 2.20. The number of aromatic hydroxyl groups is 2. The SMILES string of the molecule is CC(CN(C)C(=O)c1cccc(O)c1O)/C(N)=N/O. The van der Waals surface area contributed by atoms with Crippen LogP contribution in [0.5, 0.6) is 11.5 Å². The number of phenols is 2. The minimum absolute atomic E-state index is 0.00536. The van der Waals surface area contributed by atoms with Crippen LogP contribution in [-0.2, 0) is 0 Å². The molecule has 0 saturated heterocycles. The fourth-order valence-electron chi connectivity index (χ4n) is 1.60. The normalized spacial score (nSPS) is 13.1. The molecule has 0 fully saturated rings. The first-order valence-corrected chi connectivity index (χ1v) is 5.62. The number of oxime groups is 1. The lowest BCUT2D eigenvalue weighted by Crippen LogP contribution is -2.36. The van der Waals surface area contributed by atoms with Crippen molar-refractivity contribution < 1.29 is 20.2 Å². The summed E-state index contributed by atoms with van der Waals surface area (Å²) in [6, 6.07) is 4.15. The van der Waals surface area contributed by atoms with Crippen LogP contribution in [0.1, 0.15) is 17.3 Å². The molecule has 0 aliphatic carbocycles. The molecule has 0 aliphatic heterocycles. The second kappa shape index (κ2) is 5.94. The van der Waals surface area contributed by atoms with Gasteiger partial charge >= 0.3 is 0 Å². The third kappa shape index (κ3) is 3.27. The summed E-state index contributed by atoms with van der Waals surface area (Å²) >= 11 is 0. The smallest absolute Gasteiger partial charge is 0.257 e. The number of nitrogens with zero attached hydrogens (tertiary/aromatic N) is 2. The van der Waals surface area contributed by atoms with Crippen LogP contribution in [0.25, 0.3) is 0 Å². The molecule has 0 saturated carbocycles. The highest BCUT2D eigenvalue weighted by Crippen LogP contribution is 2.28. The lowest BCUT2D eigenvalue weighted by molar-refractivity contribution is 0.0782. The Balaban J connectivity index is 2.86. The van der Waals surface area contributed by atoms with Gasteiger partial charge < -0.3 is 26.1 Å². The van der Waals surface area contributed by atoms with Gasteiger partial charge in [0.1, 0.15) is 5.84 Å². The standard InChI is InChI=1S/C12H17N3O4/c1-7(11(13)14-19)6-15(2)12(18)8-4-3-5-9(16)10(8)17/h3-5,7,16-17,19H,6H2,1-2H3,(H2,13,14). The highest BCUT2D eigenvalue weighted by atomic mass is 16.4. The Hall–Kier alpha value is -2.44. The van der Waals surface area contributed by atoms with Crippen LogP contribution in [-0.4, -0.2) is 45.7 Å². The molecular weight excluding hydrogens is 250 g/mol. The van der Waals surface area contributed by atoms with Crippen molar-refractivity contribution in [3.05, 3.63) is 23.8 Å². The van der Waals surface area contributed by atoms with Crippen LogP contribution < -0.4 is 5.73 Å². The number of amides is 1. The summed E-state index contributed by atoms with van der Waals surface area (Å²) in [5.41, 5.74) is 5.42. The largest absolute Gasteiger partial charge is 0.504 e. The van der Waals surface area contributed by atoms with Crippen molar-refractivity contribution in [2.24, 2.45) is 16.8 Å². The van der Waals surface area contributed by atoms with E-state index in [1.807, 2.05) is 0 Å². The third-order valence-electron chi connectivity index (χ3n) is 2.76. The summed E-state index contributed by atoms with van der Waals surface area (Å²) in [6.07, 6.45) is 0. The van der Waals surface area contributed by atoms with Gasteiger partial charge in [-0.25, -0.2) is 0 Å². The molecular formula is C12H17N3O4. The van der Waals surface area contributed by atoms with Crippen molar-refractivity contribution in [1.29, 1.82) is 0 Å². The quantitative estimate of drug-likeness (QED) is 0.209. The minimum Gasteiger partial charge on any atom is -0.504 e. The van der Waals surface area contributed by atoms with Crippen LogP contribution in [0.4, 0.5) is 0 Å². The second-order valence-electron chi connectivity index (χ2n) is 4.28. The molecule has 1 amide bonds. The molecule has 1 rings (SSSR count). The number of para-hydroxylation sites is 1. The average molecular weight is 267 g/mol. The topological polar surface area (TPSA) is 119 Å². The van der Waals surface area contributed by atoms with Crippen molar-refractivity contribution in [2.75, 3.05) is 13.6 Å². The van der Waals surface area contributed by atoms with Gasteiger partial charge in [0, 0.05) is 19.5 Å². The van der Waals surface area contributed by atoms with E-state index >= 15 is 0 Å². The zero-order chi connectivity index (χ0) is 14.6. The molecule has 0 aliphatic rings. The number of rotatable bonds is 4. The van der Waals surface area contributed by atoms with Crippen LogP contribution in [0.15, 0.2) is 23.4 Å². The van der Waals surface area contributed by atoms with Gasteiger partial charge in [-0.15, -0.1) is 0 Å². The number of hydrogen-bond acceptors (Lipinski definition) is 5. The first kappa shape index (κ1) is 14.6. The molecule has 0 aromatic heterocycles. The maximum absolute atomic E-state index is 12.1. The van der Waals surface area contributed by atoms with E-state index in [9.17, 15) is 15.0 Å². The summed E-state index contributed by atoms with van der Waals surface area (Å²) in [7, 11) is 1.52. The van der Waals surface area contributed by atoms with Crippen LogP contribution in [0.3, 0.4) is 0 Å². The molecule has 19 heavy (non-hydrogen) atoms. The Kier molecular flexibility index (Phi) is 4.57. The Morgan fingerprint density at radius 3 is 2.68 bits per heavy atom. The minimum atomic E-state index is -0.467. The Morgan fingerprint density at radius 1 is 1.47 bits per heavy atom. The molecule has 0 radical (unpaired) electrons. The van der Waals surface area contributed by atoms with Gasteiger partial charge in [-0.05, 0) is 12.1 Å². The van der Waals surface area contributed by atoms with Crippen LogP contribution >= 0.6 is 0 Å². The van der Waals surface area contributed by atoms with Gasteiger partial charge in [0.15, 0.2) is 11.5 Å². The van der Waals surface area contributed by atoms with Gasteiger partial charge in [0.05, 0.1) is 5.56 Å². The molecule has 0 spiro atoms. The number of phenolic OH excluding ortho intramolecular Hbond substituents is 2. The maximum atomic E-state index is 12.1. The van der Waals surface area contributed by atoms with Gasteiger partial charge in [-0.3, -0.25) is 4.79 Å². The number of carbonyl (C=O) groups is 1. The van der Waals surface area contributed by atoms with Crippen LogP contribution in [0.2, 0.25) is 0 Å². The zero-order valence-electron chi connectivity index (χ0n) is 10.7. The Morgan fingerprint density at radius 2 is 2.11 bits per heavy atom. The molecule has 1 atom stereocenters. The van der Waals surface area contributed by atoms with Crippen LogP contribution in [0, 0.1) is 5.92 Å². The van der Waals surface area contributed by atoms with Gasteiger partial charge in [0.25, 0.3) is 5.91 Å². The lowest BCUT2D eigenvalue weighted by atomic mass is 10.1. The van der Waals surface area contributed by atoms with E-state index in [-0.39, 0.29) is 29.6 Å². The van der Waals surface area contributed by atoms with E-state index in [0.717, 1.165) is 0 Å². The first-order valence-electron chi connectivity index (χ1n) is 5.62. The predicted molar refractivity (Wildman–Crippen MR) is 69.3 cm³/mol. The van der Waals surface area contributed by atoms with Crippen molar-refractivity contribution in [2.45, 2.75) is 6.92 Å². The number of benzene rings is 1. The van der Waals surface area contributed by atoms with E-state index in [1.54, 1.807) is 6.92 Å². The first-order chi connectivity index (χ1) is 8.88. The van der Waals surface area contributed by atoms with Crippen molar-refractivity contribution in [3.8, 4) is 11.5 Å². The second-order valence-corrected chi connectivity index (χ2v) is 4.28. The molecule has 0 heterocycles. The van der Waals surface area contributed by atoms with Gasteiger partial charge in [-0.1, -0.05) is 18.1 Å². The lowest BCUT2D eigenvalue weighted by Gasteiger charge is -2.21. The highest BCUT2D eigenvalue weighted by molar-refractivity contribution is 5.97. The molecule has 1 aromatic rings. The molecule has 104 valence electrons. The molecule has 1 unspecified atom stereocenters. The summed E-state index contributed by atoms with van der Waals surface area (Å²) in [6.45, 7) is 1.91. The zero-order valence-corrected chi connectivity index (χ0v) is 10.7. The Bertz CT molecular complexity index is 502. The van der Waals surface area contributed by atoms with E-state index < -0.39 is 11.7 Å². The fourth-order valence-corrected chi connectivity index (χ4v) is 1.60. The van der Waals surface area contributed by atoms with Crippen molar-refractivity contribution in [1.82, 2.24) is 4.90 Å². The number of carbonyl (C=O) groups excluding carboxylic acids is 1. The van der Waals surface area contributed by atoms with E-state index in [0.29, 0.717) is 0 Å². The number of hydrogen-bond donors (Lipinski definition) is 4. The van der Waals surface area contributed by atoms with Gasteiger partial charge in [0.2, 0.25) is 0 Å². The molecule has 5 N–H and O–H groups in total. The fraction of sp³-hybridized carbons (Fsp3) is 0.333. The predicted octanol–water partition coefficient (Wildman–Crippen LogP) is 0.552. The van der Waals surface area contributed by atoms with E-state index in [2.05, 4.69) is 5.16 Å². The molecule has 1 aromatic carbocycles. The summed E-state index contributed by atoms with van der Waals surface area (Å²) < 4.78 is 0. The average Bonchev–Trinajstić information content (AvgIpc) is 2.39. The molecule has 7 nitrogen and oxygen atoms in total.